The van der Waals surface area contributed by atoms with E-state index in [1.54, 1.807) is 11.1 Å². The molecule has 1 heteroatoms. The van der Waals surface area contributed by atoms with E-state index in [4.69, 9.17) is 0 Å². The van der Waals surface area contributed by atoms with Crippen LogP contribution < -0.4 is 0 Å². The number of rotatable bonds is 5. The van der Waals surface area contributed by atoms with E-state index in [1.165, 1.54) is 70.6 Å². The zero-order valence-corrected chi connectivity index (χ0v) is 22.4. The lowest BCUT2D eigenvalue weighted by molar-refractivity contribution is -0.142. The summed E-state index contributed by atoms with van der Waals surface area (Å²) in [5.74, 6) is 4.06. The van der Waals surface area contributed by atoms with Crippen LogP contribution in [0.25, 0.3) is 0 Å². The fourth-order valence-electron chi connectivity index (χ4n) is 11.4. The Morgan fingerprint density at radius 1 is 0.938 bits per heavy atom. The topological polar surface area (TPSA) is 20.2 Å². The van der Waals surface area contributed by atoms with Crippen LogP contribution in [0.5, 0.6) is 0 Å². The van der Waals surface area contributed by atoms with Gasteiger partial charge >= 0.3 is 0 Å². The van der Waals surface area contributed by atoms with E-state index >= 15 is 0 Å². The second-order valence-corrected chi connectivity index (χ2v) is 14.1. The highest BCUT2D eigenvalue weighted by molar-refractivity contribution is 5.29. The fraction of sp³-hybridized carbons (Fsp3) is 0.935. The Kier molecular flexibility index (Phi) is 5.57. The third-order valence-corrected chi connectivity index (χ3v) is 13.4. The molecule has 0 aromatic heterocycles. The van der Waals surface area contributed by atoms with Crippen LogP contribution in [0.4, 0.5) is 0 Å². The minimum atomic E-state index is -0.0326. The van der Waals surface area contributed by atoms with Gasteiger partial charge in [0.05, 0.1) is 6.10 Å². The van der Waals surface area contributed by atoms with E-state index in [0.717, 1.165) is 30.1 Å². The number of hydrogen-bond donors (Lipinski definition) is 1. The van der Waals surface area contributed by atoms with E-state index in [1.807, 2.05) is 0 Å². The lowest BCUT2D eigenvalue weighted by atomic mass is 9.43. The summed E-state index contributed by atoms with van der Waals surface area (Å²) in [7, 11) is 0. The zero-order valence-electron chi connectivity index (χ0n) is 22.4. The molecule has 5 aliphatic carbocycles. The Balaban J connectivity index is 1.37. The number of hydrogen-bond acceptors (Lipinski definition) is 1. The first-order valence-electron chi connectivity index (χ1n) is 14.4. The molecule has 32 heavy (non-hydrogen) atoms. The molecule has 5 aliphatic rings. The molecule has 0 bridgehead atoms. The van der Waals surface area contributed by atoms with E-state index in [9.17, 15) is 5.11 Å². The maximum atomic E-state index is 10.6. The van der Waals surface area contributed by atoms with Crippen molar-refractivity contribution in [2.45, 2.75) is 132 Å². The van der Waals surface area contributed by atoms with Gasteiger partial charge in [-0.1, -0.05) is 45.8 Å². The normalized spacial score (nSPS) is 52.3. The number of allylic oxidation sites excluding steroid dienone is 2. The van der Waals surface area contributed by atoms with Crippen molar-refractivity contribution in [2.75, 3.05) is 0 Å². The van der Waals surface area contributed by atoms with Crippen LogP contribution in [0.1, 0.15) is 126 Å². The van der Waals surface area contributed by atoms with E-state index in [0.29, 0.717) is 27.6 Å². The summed E-state index contributed by atoms with van der Waals surface area (Å²) in [6, 6.07) is 0. The van der Waals surface area contributed by atoms with Crippen LogP contribution in [0.15, 0.2) is 11.1 Å². The molecule has 5 saturated carbocycles. The molecule has 5 rings (SSSR count). The molecule has 2 spiro atoms. The van der Waals surface area contributed by atoms with Crippen molar-refractivity contribution in [3.63, 3.8) is 0 Å². The second-order valence-electron chi connectivity index (χ2n) is 14.1. The Morgan fingerprint density at radius 2 is 1.69 bits per heavy atom. The van der Waals surface area contributed by atoms with Gasteiger partial charge < -0.3 is 5.11 Å². The van der Waals surface area contributed by atoms with E-state index in [2.05, 4.69) is 48.5 Å². The summed E-state index contributed by atoms with van der Waals surface area (Å²) < 4.78 is 0. The van der Waals surface area contributed by atoms with Gasteiger partial charge in [-0.2, -0.15) is 0 Å². The first kappa shape index (κ1) is 23.4. The van der Waals surface area contributed by atoms with Gasteiger partial charge in [-0.05, 0) is 142 Å². The van der Waals surface area contributed by atoms with Crippen molar-refractivity contribution in [3.8, 4) is 0 Å². The van der Waals surface area contributed by atoms with Crippen LogP contribution in [0, 0.1) is 51.2 Å². The molecule has 0 radical (unpaired) electrons. The van der Waals surface area contributed by atoms with Crippen LogP contribution in [0.3, 0.4) is 0 Å². The molecule has 0 heterocycles. The molecule has 5 fully saturated rings. The maximum Gasteiger partial charge on any atom is 0.0568 e. The molecule has 0 unspecified atom stereocenters. The van der Waals surface area contributed by atoms with Crippen molar-refractivity contribution in [1.29, 1.82) is 0 Å². The molecule has 0 saturated heterocycles. The Bertz CT molecular complexity index is 777. The van der Waals surface area contributed by atoms with Crippen molar-refractivity contribution in [2.24, 2.45) is 51.2 Å². The van der Waals surface area contributed by atoms with Gasteiger partial charge in [0.1, 0.15) is 0 Å². The summed E-state index contributed by atoms with van der Waals surface area (Å²) in [6.45, 7) is 17.4. The largest absolute Gasteiger partial charge is 0.393 e. The van der Waals surface area contributed by atoms with Gasteiger partial charge in [0.15, 0.2) is 0 Å². The summed E-state index contributed by atoms with van der Waals surface area (Å²) in [5, 5.41) is 10.6. The highest BCUT2D eigenvalue weighted by Gasteiger charge is 2.81. The minimum Gasteiger partial charge on any atom is -0.393 e. The first-order chi connectivity index (χ1) is 15.1. The van der Waals surface area contributed by atoms with Gasteiger partial charge in [0.2, 0.25) is 0 Å². The number of aliphatic hydroxyl groups is 1. The average molecular weight is 441 g/mol. The molecule has 10 atom stereocenters. The standard InChI is InChI=1S/C31H52O/c1-8-23(20(2)3)10-9-21(4)24-13-15-29(7)27-12-11-25-22(5)26(32)14-16-30(25)19-31(27,30)18-17-28(24,29)6/h21-22,24-27,32H,8-19H2,1-7H3/t21-,22+,24-,25+,26+,27+,28-,29+,30-,31+/m1/s1. The monoisotopic (exact) mass is 440 g/mol. The number of fused-ring (bicyclic) bond motifs is 2. The summed E-state index contributed by atoms with van der Waals surface area (Å²) in [6.07, 6.45) is 16.6. The Morgan fingerprint density at radius 3 is 2.38 bits per heavy atom. The molecule has 182 valence electrons. The molecule has 0 amide bonds. The molecular weight excluding hydrogens is 388 g/mol. The molecule has 0 aromatic rings. The smallest absolute Gasteiger partial charge is 0.0568 e. The molecule has 1 N–H and O–H groups in total. The van der Waals surface area contributed by atoms with Crippen LogP contribution >= 0.6 is 0 Å². The third-order valence-electron chi connectivity index (χ3n) is 13.4. The van der Waals surface area contributed by atoms with Crippen molar-refractivity contribution in [1.82, 2.24) is 0 Å². The Labute approximate surface area is 199 Å². The summed E-state index contributed by atoms with van der Waals surface area (Å²) in [5.41, 5.74) is 5.61. The van der Waals surface area contributed by atoms with Gasteiger partial charge in [-0.3, -0.25) is 0 Å². The van der Waals surface area contributed by atoms with E-state index < -0.39 is 0 Å². The summed E-state index contributed by atoms with van der Waals surface area (Å²) in [4.78, 5) is 0. The quantitative estimate of drug-likeness (QED) is 0.424. The predicted octanol–water partition coefficient (Wildman–Crippen LogP) is 8.56. The first-order valence-corrected chi connectivity index (χ1v) is 14.4. The third kappa shape index (κ3) is 2.85. The Hall–Kier alpha value is -0.300. The van der Waals surface area contributed by atoms with Gasteiger partial charge in [0, 0.05) is 0 Å². The highest BCUT2D eigenvalue weighted by atomic mass is 16.3. The zero-order chi connectivity index (χ0) is 23.1. The SMILES string of the molecule is CCC(CC[C@@H](C)[C@H]1CC[C@@]2(C)[C@@H]3CC[C@H]4[C@H](C)[C@@H](O)CC[C@@]45C[C@@]35CC[C@]12C)=C(C)C. The lowest BCUT2D eigenvalue weighted by Crippen LogP contribution is -2.55. The fourth-order valence-corrected chi connectivity index (χ4v) is 11.4. The highest BCUT2D eigenvalue weighted by Crippen LogP contribution is 2.88. The van der Waals surface area contributed by atoms with Gasteiger partial charge in [-0.15, -0.1) is 0 Å². The predicted molar refractivity (Wildman–Crippen MR) is 135 cm³/mol. The number of aliphatic hydroxyl groups excluding tert-OH is 1. The average Bonchev–Trinajstić information content (AvgIpc) is 3.33. The second kappa shape index (κ2) is 7.60. The van der Waals surface area contributed by atoms with Crippen molar-refractivity contribution in [3.05, 3.63) is 11.1 Å². The van der Waals surface area contributed by atoms with Crippen molar-refractivity contribution < 1.29 is 5.11 Å². The maximum absolute atomic E-state index is 10.6. The molecule has 0 aromatic carbocycles. The van der Waals surface area contributed by atoms with Crippen LogP contribution in [-0.4, -0.2) is 11.2 Å². The van der Waals surface area contributed by atoms with Gasteiger partial charge in [-0.25, -0.2) is 0 Å². The molecule has 1 nitrogen and oxygen atoms in total. The van der Waals surface area contributed by atoms with Gasteiger partial charge in [0.25, 0.3) is 0 Å². The van der Waals surface area contributed by atoms with E-state index in [-0.39, 0.29) is 6.10 Å². The minimum absolute atomic E-state index is 0.0326. The van der Waals surface area contributed by atoms with Crippen molar-refractivity contribution >= 4 is 0 Å². The lowest BCUT2D eigenvalue weighted by Gasteiger charge is -2.62. The van der Waals surface area contributed by atoms with Crippen LogP contribution in [0.2, 0.25) is 0 Å². The van der Waals surface area contributed by atoms with Crippen LogP contribution in [-0.2, 0) is 0 Å². The molecule has 0 aliphatic heterocycles. The summed E-state index contributed by atoms with van der Waals surface area (Å²) >= 11 is 0. The molecular formula is C31H52O.